The summed E-state index contributed by atoms with van der Waals surface area (Å²) in [5, 5.41) is 10.8. The van der Waals surface area contributed by atoms with Gasteiger partial charge in [0, 0.05) is 6.54 Å². The van der Waals surface area contributed by atoms with E-state index in [0.717, 1.165) is 17.7 Å². The largest absolute Gasteiger partial charge is 0.504 e. The van der Waals surface area contributed by atoms with Crippen LogP contribution < -0.4 is 4.74 Å². The lowest BCUT2D eigenvalue weighted by atomic mass is 10.2. The molecule has 0 spiro atoms. The highest BCUT2D eigenvalue weighted by Gasteiger charge is 2.32. The highest BCUT2D eigenvalue weighted by Crippen LogP contribution is 2.37. The van der Waals surface area contributed by atoms with Crippen molar-refractivity contribution in [1.29, 1.82) is 0 Å². The number of phenols is 1. The number of amidine groups is 1. The zero-order valence-corrected chi connectivity index (χ0v) is 19.6. The summed E-state index contributed by atoms with van der Waals surface area (Å²) in [6, 6.07) is 11.5. The fraction of sp³-hybridized carbons (Fsp3) is 0.273. The van der Waals surface area contributed by atoms with Crippen LogP contribution in [0.25, 0.3) is 6.08 Å². The molecule has 3 rings (SSSR count). The van der Waals surface area contributed by atoms with Crippen molar-refractivity contribution in [3.63, 3.8) is 0 Å². The molecule has 1 heterocycles. The molecule has 1 aliphatic rings. The number of halogens is 1. The molecule has 1 N–H and O–H groups in total. The molecule has 0 aromatic heterocycles. The summed E-state index contributed by atoms with van der Waals surface area (Å²) < 4.78 is 6.18. The van der Waals surface area contributed by atoms with E-state index in [4.69, 9.17) is 9.73 Å². The molecule has 7 heteroatoms. The third kappa shape index (κ3) is 5.14. The van der Waals surface area contributed by atoms with E-state index in [2.05, 4.69) is 22.6 Å². The maximum Gasteiger partial charge on any atom is 0.266 e. The van der Waals surface area contributed by atoms with Gasteiger partial charge in [0.15, 0.2) is 16.7 Å². The van der Waals surface area contributed by atoms with E-state index >= 15 is 0 Å². The third-order valence-electron chi connectivity index (χ3n) is 4.24. The summed E-state index contributed by atoms with van der Waals surface area (Å²) in [5.41, 5.74) is 2.80. The number of hydrogen-bond donors (Lipinski definition) is 1. The number of ether oxygens (including phenoxy) is 1. The number of aliphatic imine (C=N–C) groups is 1. The zero-order valence-electron chi connectivity index (χ0n) is 16.6. The molecule has 29 heavy (non-hydrogen) atoms. The normalized spacial score (nSPS) is 16.8. The van der Waals surface area contributed by atoms with Gasteiger partial charge < -0.3 is 9.84 Å². The monoisotopic (exact) mass is 522 g/mol. The number of carbonyl (C=O) groups is 1. The van der Waals surface area contributed by atoms with E-state index in [0.29, 0.717) is 32.5 Å². The van der Waals surface area contributed by atoms with E-state index < -0.39 is 0 Å². The van der Waals surface area contributed by atoms with Crippen LogP contribution in [0.4, 0.5) is 5.69 Å². The van der Waals surface area contributed by atoms with Crippen LogP contribution in [0.2, 0.25) is 0 Å². The van der Waals surface area contributed by atoms with Crippen molar-refractivity contribution in [3.8, 4) is 11.5 Å². The smallest absolute Gasteiger partial charge is 0.266 e. The van der Waals surface area contributed by atoms with Crippen LogP contribution in [-0.2, 0) is 4.79 Å². The number of phenolic OH excluding ortho intramolecular Hbond substituents is 1. The Balaban J connectivity index is 1.96. The van der Waals surface area contributed by atoms with Crippen molar-refractivity contribution in [2.45, 2.75) is 27.2 Å². The van der Waals surface area contributed by atoms with Gasteiger partial charge in [0.1, 0.15) is 0 Å². The highest BCUT2D eigenvalue weighted by molar-refractivity contribution is 14.1. The van der Waals surface area contributed by atoms with Gasteiger partial charge in [0.05, 0.1) is 20.8 Å². The Kier molecular flexibility index (Phi) is 7.23. The minimum absolute atomic E-state index is 0.0521. The van der Waals surface area contributed by atoms with Crippen LogP contribution in [0, 0.1) is 10.5 Å². The number of carbonyl (C=O) groups excluding carboxylic acids is 1. The van der Waals surface area contributed by atoms with Crippen LogP contribution in [0.1, 0.15) is 31.4 Å². The summed E-state index contributed by atoms with van der Waals surface area (Å²) in [6.07, 6.45) is 2.68. The number of thioether (sulfide) groups is 1. The van der Waals surface area contributed by atoms with Gasteiger partial charge in [-0.2, -0.15) is 0 Å². The first-order chi connectivity index (χ1) is 13.9. The maximum absolute atomic E-state index is 13.0. The van der Waals surface area contributed by atoms with E-state index in [1.807, 2.05) is 57.2 Å². The van der Waals surface area contributed by atoms with Crippen molar-refractivity contribution in [2.24, 2.45) is 4.99 Å². The van der Waals surface area contributed by atoms with Crippen LogP contribution in [0.5, 0.6) is 11.5 Å². The molecule has 1 aliphatic heterocycles. The van der Waals surface area contributed by atoms with Crippen LogP contribution >= 0.6 is 34.4 Å². The summed E-state index contributed by atoms with van der Waals surface area (Å²) >= 11 is 3.43. The van der Waals surface area contributed by atoms with Crippen molar-refractivity contribution in [1.82, 2.24) is 4.90 Å². The fourth-order valence-electron chi connectivity index (χ4n) is 2.84. The molecule has 1 saturated heterocycles. The molecule has 152 valence electrons. The zero-order chi connectivity index (χ0) is 21.0. The average Bonchev–Trinajstić information content (AvgIpc) is 2.97. The molecule has 1 amide bonds. The first kappa shape index (κ1) is 21.7. The Morgan fingerprint density at radius 2 is 1.97 bits per heavy atom. The molecule has 0 saturated carbocycles. The predicted octanol–water partition coefficient (Wildman–Crippen LogP) is 5.72. The lowest BCUT2D eigenvalue weighted by Gasteiger charge is -2.14. The predicted molar refractivity (Wildman–Crippen MR) is 128 cm³/mol. The Morgan fingerprint density at radius 3 is 2.62 bits per heavy atom. The highest BCUT2D eigenvalue weighted by atomic mass is 127. The van der Waals surface area contributed by atoms with E-state index in [9.17, 15) is 9.90 Å². The van der Waals surface area contributed by atoms with Crippen LogP contribution in [-0.4, -0.2) is 34.2 Å². The molecule has 2 aromatic carbocycles. The minimum atomic E-state index is -0.0521. The number of benzene rings is 2. The van der Waals surface area contributed by atoms with E-state index in [1.54, 1.807) is 11.0 Å². The number of aryl methyl sites for hydroxylation is 1. The van der Waals surface area contributed by atoms with Crippen molar-refractivity contribution in [3.05, 3.63) is 56.0 Å². The molecule has 0 radical (unpaired) electrons. The van der Waals surface area contributed by atoms with Gasteiger partial charge in [0.2, 0.25) is 0 Å². The van der Waals surface area contributed by atoms with Crippen molar-refractivity contribution in [2.75, 3.05) is 13.2 Å². The Morgan fingerprint density at radius 1 is 1.24 bits per heavy atom. The SMILES string of the molecule is CCCN1C(=O)/C(=C\c2cc(I)c(O)c(OCC)c2)SC1=Nc1ccc(C)cc1. The van der Waals surface area contributed by atoms with Gasteiger partial charge in [-0.15, -0.1) is 0 Å². The second-order valence-electron chi connectivity index (χ2n) is 6.58. The quantitative estimate of drug-likeness (QED) is 0.390. The molecule has 2 aromatic rings. The van der Waals surface area contributed by atoms with Gasteiger partial charge in [-0.1, -0.05) is 24.6 Å². The van der Waals surface area contributed by atoms with Crippen molar-refractivity contribution < 1.29 is 14.6 Å². The Bertz CT molecular complexity index is 971. The third-order valence-corrected chi connectivity index (χ3v) is 6.07. The van der Waals surface area contributed by atoms with Gasteiger partial charge in [-0.05, 0) is 90.5 Å². The first-order valence-corrected chi connectivity index (χ1v) is 11.3. The van der Waals surface area contributed by atoms with E-state index in [1.165, 1.54) is 17.3 Å². The second-order valence-corrected chi connectivity index (χ2v) is 8.75. The number of hydrogen-bond acceptors (Lipinski definition) is 5. The second kappa shape index (κ2) is 9.67. The number of amides is 1. The maximum atomic E-state index is 13.0. The molecule has 1 fully saturated rings. The minimum Gasteiger partial charge on any atom is -0.504 e. The molecule has 0 aliphatic carbocycles. The summed E-state index contributed by atoms with van der Waals surface area (Å²) in [5.74, 6) is 0.485. The van der Waals surface area contributed by atoms with Crippen LogP contribution in [0.15, 0.2) is 46.3 Å². The topological polar surface area (TPSA) is 62.1 Å². The van der Waals surface area contributed by atoms with Crippen LogP contribution in [0.3, 0.4) is 0 Å². The Labute approximate surface area is 189 Å². The number of nitrogens with zero attached hydrogens (tertiary/aromatic N) is 2. The molecule has 0 atom stereocenters. The molecular weight excluding hydrogens is 499 g/mol. The summed E-state index contributed by atoms with van der Waals surface area (Å²) in [4.78, 5) is 20.0. The molecular formula is C22H23IN2O3S. The molecule has 0 bridgehead atoms. The van der Waals surface area contributed by atoms with Gasteiger partial charge >= 0.3 is 0 Å². The van der Waals surface area contributed by atoms with Gasteiger partial charge in [-0.25, -0.2) is 4.99 Å². The first-order valence-electron chi connectivity index (χ1n) is 9.45. The standard InChI is InChI=1S/C22H23IN2O3S/c1-4-10-25-21(27)19(29-22(25)24-16-8-6-14(3)7-9-16)13-15-11-17(23)20(26)18(12-15)28-5-2/h6-9,11-13,26H,4-5,10H2,1-3H3/b19-13+,24-22?. The number of aromatic hydroxyl groups is 1. The summed E-state index contributed by atoms with van der Waals surface area (Å²) in [7, 11) is 0. The van der Waals surface area contributed by atoms with Gasteiger partial charge in [-0.3, -0.25) is 9.69 Å². The lowest BCUT2D eigenvalue weighted by molar-refractivity contribution is -0.122. The average molecular weight is 522 g/mol. The molecule has 0 unspecified atom stereocenters. The van der Waals surface area contributed by atoms with E-state index in [-0.39, 0.29) is 11.7 Å². The lowest BCUT2D eigenvalue weighted by Crippen LogP contribution is -2.29. The molecule has 5 nitrogen and oxygen atoms in total. The summed E-state index contributed by atoms with van der Waals surface area (Å²) in [6.45, 7) is 7.01. The number of rotatable bonds is 6. The van der Waals surface area contributed by atoms with Crippen molar-refractivity contribution >= 4 is 57.2 Å². The fourth-order valence-corrected chi connectivity index (χ4v) is 4.49. The van der Waals surface area contributed by atoms with Gasteiger partial charge in [0.25, 0.3) is 5.91 Å². The Hall–Kier alpha value is -2.00.